The normalized spacial score (nSPS) is 25.6. The number of hydrogen-bond acceptors (Lipinski definition) is 3. The Hall–Kier alpha value is -1.92. The minimum Gasteiger partial charge on any atom is -0.412 e. The molecule has 0 unspecified atom stereocenters. The second kappa shape index (κ2) is 5.22. The molecule has 0 saturated carbocycles. The molecule has 0 spiro atoms. The van der Waals surface area contributed by atoms with Crippen molar-refractivity contribution in [2.24, 2.45) is 0 Å². The van der Waals surface area contributed by atoms with Gasteiger partial charge >= 0.3 is 0 Å². The second-order valence-corrected chi connectivity index (χ2v) is 5.02. The van der Waals surface area contributed by atoms with E-state index in [4.69, 9.17) is 0 Å². The average Bonchev–Trinajstić information content (AvgIpc) is 2.66. The van der Waals surface area contributed by atoms with Crippen LogP contribution in [-0.4, -0.2) is 40.4 Å². The van der Waals surface area contributed by atoms with Gasteiger partial charge in [-0.1, -0.05) is 18.2 Å². The van der Waals surface area contributed by atoms with E-state index in [9.17, 15) is 14.7 Å². The first-order valence-electron chi connectivity index (χ1n) is 6.53. The standard InChI is InChI=1S/C14H16N2O3.H2O/c17-12-6-9-16-13(18)10-4-1-2-5-11(10)14(16,19)7-3-8-15-12;/h1-2,4-5,19H,3,6-9H2,(H,15,17);1H2/t14-;/m0./s1. The van der Waals surface area contributed by atoms with Crippen molar-refractivity contribution < 1.29 is 20.2 Å². The lowest BCUT2D eigenvalue weighted by Gasteiger charge is -2.33. The molecule has 0 aliphatic carbocycles. The molecule has 0 bridgehead atoms. The van der Waals surface area contributed by atoms with Crippen LogP contribution in [0.4, 0.5) is 0 Å². The number of nitrogens with one attached hydrogen (secondary N) is 1. The highest BCUT2D eigenvalue weighted by Crippen LogP contribution is 2.40. The molecule has 6 nitrogen and oxygen atoms in total. The van der Waals surface area contributed by atoms with Gasteiger partial charge in [0.1, 0.15) is 0 Å². The molecule has 6 heteroatoms. The van der Waals surface area contributed by atoms with Crippen LogP contribution < -0.4 is 5.32 Å². The van der Waals surface area contributed by atoms with Crippen LogP contribution >= 0.6 is 0 Å². The number of fused-ring (bicyclic) bond motifs is 3. The Morgan fingerprint density at radius 3 is 2.80 bits per heavy atom. The smallest absolute Gasteiger partial charge is 0.256 e. The van der Waals surface area contributed by atoms with Gasteiger partial charge in [-0.2, -0.15) is 0 Å². The molecule has 1 atom stereocenters. The van der Waals surface area contributed by atoms with Crippen molar-refractivity contribution in [2.45, 2.75) is 25.0 Å². The fraction of sp³-hybridized carbons (Fsp3) is 0.429. The highest BCUT2D eigenvalue weighted by atomic mass is 16.3. The van der Waals surface area contributed by atoms with Gasteiger partial charge in [-0.15, -0.1) is 0 Å². The fourth-order valence-electron chi connectivity index (χ4n) is 2.90. The third-order valence-corrected chi connectivity index (χ3v) is 3.87. The highest BCUT2D eigenvalue weighted by Gasteiger charge is 2.47. The Balaban J connectivity index is 0.00000147. The Morgan fingerprint density at radius 1 is 1.25 bits per heavy atom. The summed E-state index contributed by atoms with van der Waals surface area (Å²) >= 11 is 0. The number of hydrogen-bond donors (Lipinski definition) is 2. The van der Waals surface area contributed by atoms with E-state index in [0.717, 1.165) is 0 Å². The maximum atomic E-state index is 12.4. The summed E-state index contributed by atoms with van der Waals surface area (Å²) in [6.07, 6.45) is 1.30. The van der Waals surface area contributed by atoms with Gasteiger partial charge in [-0.25, -0.2) is 0 Å². The summed E-state index contributed by atoms with van der Waals surface area (Å²) in [5.74, 6) is -0.263. The predicted octanol–water partition coefficient (Wildman–Crippen LogP) is -0.237. The van der Waals surface area contributed by atoms with Gasteiger partial charge < -0.3 is 20.8 Å². The van der Waals surface area contributed by atoms with Crippen molar-refractivity contribution in [3.8, 4) is 0 Å². The van der Waals surface area contributed by atoms with Crippen LogP contribution in [0.2, 0.25) is 0 Å². The summed E-state index contributed by atoms with van der Waals surface area (Å²) < 4.78 is 0. The summed E-state index contributed by atoms with van der Waals surface area (Å²) in [7, 11) is 0. The SMILES string of the molecule is O.O=C1CCN2C(=O)c3ccccc3[C@@]2(O)CCCN1. The van der Waals surface area contributed by atoms with Gasteiger partial charge in [0.2, 0.25) is 5.91 Å². The number of rotatable bonds is 0. The number of carbonyl (C=O) groups is 2. The number of carbonyl (C=O) groups excluding carboxylic acids is 2. The summed E-state index contributed by atoms with van der Waals surface area (Å²) in [6, 6.07) is 7.14. The van der Waals surface area contributed by atoms with Crippen LogP contribution in [0.15, 0.2) is 24.3 Å². The van der Waals surface area contributed by atoms with Crippen LogP contribution in [0.25, 0.3) is 0 Å². The quantitative estimate of drug-likeness (QED) is 0.685. The topological polar surface area (TPSA) is 101 Å². The highest BCUT2D eigenvalue weighted by molar-refractivity contribution is 5.99. The van der Waals surface area contributed by atoms with E-state index < -0.39 is 5.72 Å². The van der Waals surface area contributed by atoms with Crippen LogP contribution in [0.3, 0.4) is 0 Å². The monoisotopic (exact) mass is 278 g/mol. The van der Waals surface area contributed by atoms with Gasteiger partial charge in [-0.3, -0.25) is 9.59 Å². The second-order valence-electron chi connectivity index (χ2n) is 5.02. The zero-order valence-corrected chi connectivity index (χ0v) is 11.1. The molecule has 0 radical (unpaired) electrons. The summed E-state index contributed by atoms with van der Waals surface area (Å²) in [6.45, 7) is 0.779. The number of aliphatic hydroxyl groups is 1. The van der Waals surface area contributed by atoms with Crippen LogP contribution in [-0.2, 0) is 10.5 Å². The molecule has 2 aliphatic rings. The third kappa shape index (κ3) is 2.07. The lowest BCUT2D eigenvalue weighted by Crippen LogP contribution is -2.44. The molecule has 108 valence electrons. The predicted molar refractivity (Wildman–Crippen MR) is 71.8 cm³/mol. The molecule has 4 N–H and O–H groups in total. The Kier molecular flexibility index (Phi) is 3.78. The molecular weight excluding hydrogens is 260 g/mol. The minimum atomic E-state index is -1.26. The van der Waals surface area contributed by atoms with E-state index >= 15 is 0 Å². The van der Waals surface area contributed by atoms with E-state index in [-0.39, 0.29) is 30.3 Å². The van der Waals surface area contributed by atoms with Gasteiger partial charge in [0.15, 0.2) is 5.72 Å². The van der Waals surface area contributed by atoms with Crippen LogP contribution in [0.1, 0.15) is 35.2 Å². The molecule has 1 saturated heterocycles. The Bertz CT molecular complexity index is 546. The number of nitrogens with zero attached hydrogens (tertiary/aromatic N) is 1. The first-order chi connectivity index (χ1) is 9.13. The van der Waals surface area contributed by atoms with Crippen LogP contribution in [0, 0.1) is 0 Å². The van der Waals surface area contributed by atoms with E-state index in [1.807, 2.05) is 6.07 Å². The Morgan fingerprint density at radius 2 is 2.00 bits per heavy atom. The lowest BCUT2D eigenvalue weighted by atomic mass is 9.97. The van der Waals surface area contributed by atoms with Crippen molar-refractivity contribution in [1.82, 2.24) is 10.2 Å². The van der Waals surface area contributed by atoms with Crippen molar-refractivity contribution in [2.75, 3.05) is 13.1 Å². The summed E-state index contributed by atoms with van der Waals surface area (Å²) in [5.41, 5.74) is -0.0553. The van der Waals surface area contributed by atoms with E-state index in [2.05, 4.69) is 5.32 Å². The van der Waals surface area contributed by atoms with E-state index in [1.54, 1.807) is 18.2 Å². The molecule has 3 rings (SSSR count). The molecule has 0 aromatic heterocycles. The van der Waals surface area contributed by atoms with E-state index in [0.29, 0.717) is 30.5 Å². The largest absolute Gasteiger partial charge is 0.412 e. The molecule has 2 amide bonds. The van der Waals surface area contributed by atoms with Gasteiger partial charge in [0.05, 0.1) is 0 Å². The molecule has 20 heavy (non-hydrogen) atoms. The first-order valence-corrected chi connectivity index (χ1v) is 6.53. The third-order valence-electron chi connectivity index (χ3n) is 3.87. The van der Waals surface area contributed by atoms with Gasteiger partial charge in [0.25, 0.3) is 5.91 Å². The summed E-state index contributed by atoms with van der Waals surface area (Å²) in [4.78, 5) is 25.3. The van der Waals surface area contributed by atoms with Crippen molar-refractivity contribution in [1.29, 1.82) is 0 Å². The lowest BCUT2D eigenvalue weighted by molar-refractivity contribution is -0.122. The molecule has 2 heterocycles. The molecule has 1 fully saturated rings. The van der Waals surface area contributed by atoms with Crippen molar-refractivity contribution >= 4 is 11.8 Å². The zero-order valence-electron chi connectivity index (χ0n) is 11.1. The van der Waals surface area contributed by atoms with Gasteiger partial charge in [-0.05, 0) is 12.5 Å². The number of benzene rings is 1. The summed E-state index contributed by atoms with van der Waals surface area (Å²) in [5, 5.41) is 13.7. The molecular formula is C14H18N2O4. The maximum absolute atomic E-state index is 12.4. The maximum Gasteiger partial charge on any atom is 0.256 e. The molecule has 1 aromatic carbocycles. The minimum absolute atomic E-state index is 0. The van der Waals surface area contributed by atoms with Crippen LogP contribution in [0.5, 0.6) is 0 Å². The molecule has 1 aromatic rings. The number of amides is 2. The van der Waals surface area contributed by atoms with Crippen molar-refractivity contribution in [3.63, 3.8) is 0 Å². The fourth-order valence-corrected chi connectivity index (χ4v) is 2.90. The van der Waals surface area contributed by atoms with E-state index in [1.165, 1.54) is 4.90 Å². The Labute approximate surface area is 116 Å². The molecule has 2 aliphatic heterocycles. The van der Waals surface area contributed by atoms with Gasteiger partial charge in [0, 0.05) is 37.1 Å². The first kappa shape index (κ1) is 14.5. The average molecular weight is 278 g/mol. The van der Waals surface area contributed by atoms with Crippen molar-refractivity contribution in [3.05, 3.63) is 35.4 Å². The zero-order chi connectivity index (χ0) is 13.5.